The van der Waals surface area contributed by atoms with E-state index in [-0.39, 0.29) is 17.1 Å². The molecule has 0 radical (unpaired) electrons. The number of nitrogens with one attached hydrogen (secondary N) is 2. The summed E-state index contributed by atoms with van der Waals surface area (Å²) in [6.07, 6.45) is -0.0955. The summed E-state index contributed by atoms with van der Waals surface area (Å²) in [6, 6.07) is 21.7. The van der Waals surface area contributed by atoms with E-state index in [0.29, 0.717) is 29.1 Å². The molecule has 176 valence electrons. The van der Waals surface area contributed by atoms with E-state index in [2.05, 4.69) is 26.6 Å². The number of anilines is 2. The Labute approximate surface area is 213 Å². The van der Waals surface area contributed by atoms with Crippen LogP contribution in [0.1, 0.15) is 41.5 Å². The number of benzene rings is 3. The van der Waals surface area contributed by atoms with E-state index in [1.807, 2.05) is 51.1 Å². The monoisotopic (exact) mass is 539 g/mol. The van der Waals surface area contributed by atoms with Crippen LogP contribution in [0.2, 0.25) is 0 Å². The zero-order valence-corrected chi connectivity index (χ0v) is 21.6. The average molecular weight is 540 g/mol. The van der Waals surface area contributed by atoms with Crippen molar-refractivity contribution in [3.63, 3.8) is 0 Å². The highest BCUT2D eigenvalue weighted by Gasteiger charge is 2.20. The Morgan fingerprint density at radius 3 is 2.35 bits per heavy atom. The maximum Gasteiger partial charge on any atom is 0.261 e. The van der Waals surface area contributed by atoms with Crippen molar-refractivity contribution in [1.82, 2.24) is 5.32 Å². The van der Waals surface area contributed by atoms with Crippen LogP contribution in [0.15, 0.2) is 77.3 Å². The third kappa shape index (κ3) is 6.42. The number of hydrogen-bond acceptors (Lipinski definition) is 4. The molecule has 0 saturated heterocycles. The molecule has 0 bridgehead atoms. The quantitative estimate of drug-likeness (QED) is 0.358. The summed E-state index contributed by atoms with van der Waals surface area (Å²) in [4.78, 5) is 28.0. The van der Waals surface area contributed by atoms with Crippen LogP contribution in [-0.2, 0) is 0 Å². The smallest absolute Gasteiger partial charge is 0.261 e. The van der Waals surface area contributed by atoms with Gasteiger partial charge < -0.3 is 15.0 Å². The molecule has 3 aromatic rings. The Hall–Kier alpha value is -3.23. The number of rotatable bonds is 7. The van der Waals surface area contributed by atoms with Crippen LogP contribution < -0.4 is 20.3 Å². The lowest BCUT2D eigenvalue weighted by atomic mass is 10.1. The second-order valence-corrected chi connectivity index (χ2v) is 8.97. The fourth-order valence-electron chi connectivity index (χ4n) is 3.34. The van der Waals surface area contributed by atoms with Crippen molar-refractivity contribution in [3.8, 4) is 5.75 Å². The van der Waals surface area contributed by atoms with Crippen LogP contribution in [0.5, 0.6) is 5.75 Å². The van der Waals surface area contributed by atoms with E-state index in [0.717, 1.165) is 10.2 Å². The third-order valence-corrected chi connectivity index (χ3v) is 5.51. The van der Waals surface area contributed by atoms with E-state index in [4.69, 9.17) is 17.0 Å². The number of ether oxygens (including phenoxy) is 1. The zero-order chi connectivity index (χ0) is 24.7. The summed E-state index contributed by atoms with van der Waals surface area (Å²) in [5.41, 5.74) is 2.09. The highest BCUT2D eigenvalue weighted by molar-refractivity contribution is 9.10. The molecule has 0 aliphatic carbocycles. The highest BCUT2D eigenvalue weighted by Crippen LogP contribution is 2.25. The molecule has 0 aliphatic heterocycles. The molecular formula is C26H26BrN3O3S. The number of hydrogen-bond donors (Lipinski definition) is 2. The summed E-state index contributed by atoms with van der Waals surface area (Å²) in [6.45, 7) is 6.19. The number of halogens is 1. The number of amides is 2. The highest BCUT2D eigenvalue weighted by atomic mass is 79.9. The minimum atomic E-state index is -0.419. The van der Waals surface area contributed by atoms with E-state index in [1.165, 1.54) is 0 Å². The first-order valence-electron chi connectivity index (χ1n) is 10.8. The molecular weight excluding hydrogens is 514 g/mol. The van der Waals surface area contributed by atoms with Crippen molar-refractivity contribution < 1.29 is 14.3 Å². The predicted molar refractivity (Wildman–Crippen MR) is 144 cm³/mol. The summed E-state index contributed by atoms with van der Waals surface area (Å²) < 4.78 is 6.50. The Bertz CT molecular complexity index is 1180. The Morgan fingerprint density at radius 2 is 1.68 bits per heavy atom. The van der Waals surface area contributed by atoms with Gasteiger partial charge in [0.15, 0.2) is 5.11 Å². The molecule has 2 amide bonds. The lowest BCUT2D eigenvalue weighted by Gasteiger charge is -2.23. The van der Waals surface area contributed by atoms with Crippen LogP contribution >= 0.6 is 28.1 Å². The standard InChI is InChI=1S/C26H26BrN3O3S/c1-4-30(19-10-6-5-7-11-19)25(32)20-12-8-9-13-22(20)28-26(34)29-24(31)21-16-18(27)14-15-23(21)33-17(2)3/h5-17H,4H2,1-3H3,(H2,28,29,31,34). The van der Waals surface area contributed by atoms with Gasteiger partial charge in [-0.2, -0.15) is 0 Å². The first-order valence-corrected chi connectivity index (χ1v) is 12.0. The van der Waals surface area contributed by atoms with Crippen molar-refractivity contribution >= 4 is 56.4 Å². The lowest BCUT2D eigenvalue weighted by molar-refractivity contribution is 0.0969. The van der Waals surface area contributed by atoms with Gasteiger partial charge in [0.05, 0.1) is 22.9 Å². The van der Waals surface area contributed by atoms with Gasteiger partial charge in [-0.25, -0.2) is 0 Å². The molecule has 0 atom stereocenters. The van der Waals surface area contributed by atoms with Crippen molar-refractivity contribution in [2.45, 2.75) is 26.9 Å². The van der Waals surface area contributed by atoms with Crippen LogP contribution in [-0.4, -0.2) is 29.6 Å². The summed E-state index contributed by atoms with van der Waals surface area (Å²) >= 11 is 8.78. The molecule has 0 heterocycles. The lowest BCUT2D eigenvalue weighted by Crippen LogP contribution is -2.36. The molecule has 0 saturated carbocycles. The molecule has 0 aliphatic rings. The molecule has 2 N–H and O–H groups in total. The fraction of sp³-hybridized carbons (Fsp3) is 0.192. The maximum absolute atomic E-state index is 13.3. The van der Waals surface area contributed by atoms with E-state index < -0.39 is 5.91 Å². The minimum absolute atomic E-state index is 0.0727. The number of carbonyl (C=O) groups excluding carboxylic acids is 2. The van der Waals surface area contributed by atoms with Gasteiger partial charge in [0.1, 0.15) is 5.75 Å². The van der Waals surface area contributed by atoms with Crippen molar-refractivity contribution in [3.05, 3.63) is 88.4 Å². The van der Waals surface area contributed by atoms with Crippen LogP contribution in [0, 0.1) is 0 Å². The van der Waals surface area contributed by atoms with E-state index in [9.17, 15) is 9.59 Å². The van der Waals surface area contributed by atoms with Gasteiger partial charge in [0.2, 0.25) is 0 Å². The van der Waals surface area contributed by atoms with Gasteiger partial charge in [0, 0.05) is 16.7 Å². The molecule has 3 rings (SSSR count). The molecule has 3 aromatic carbocycles. The largest absolute Gasteiger partial charge is 0.490 e. The van der Waals surface area contributed by atoms with Gasteiger partial charge in [-0.05, 0) is 75.5 Å². The molecule has 6 nitrogen and oxygen atoms in total. The van der Waals surface area contributed by atoms with Gasteiger partial charge in [-0.15, -0.1) is 0 Å². The second kappa shape index (κ2) is 11.8. The van der Waals surface area contributed by atoms with Gasteiger partial charge >= 0.3 is 0 Å². The van der Waals surface area contributed by atoms with Gasteiger partial charge in [-0.3, -0.25) is 14.9 Å². The van der Waals surface area contributed by atoms with Crippen molar-refractivity contribution in [2.24, 2.45) is 0 Å². The molecule has 8 heteroatoms. The van der Waals surface area contributed by atoms with Crippen molar-refractivity contribution in [2.75, 3.05) is 16.8 Å². The fourth-order valence-corrected chi connectivity index (χ4v) is 3.90. The summed E-state index contributed by atoms with van der Waals surface area (Å²) in [5, 5.41) is 5.75. The maximum atomic E-state index is 13.3. The Morgan fingerprint density at radius 1 is 1.00 bits per heavy atom. The zero-order valence-electron chi connectivity index (χ0n) is 19.2. The number of thiocarbonyl (C=S) groups is 1. The summed E-state index contributed by atoms with van der Waals surface area (Å²) in [7, 11) is 0. The molecule has 0 spiro atoms. The SMILES string of the molecule is CCN(C(=O)c1ccccc1NC(=S)NC(=O)c1cc(Br)ccc1OC(C)C)c1ccccc1. The molecule has 0 aromatic heterocycles. The van der Waals surface area contributed by atoms with Gasteiger partial charge in [-0.1, -0.05) is 46.3 Å². The Kier molecular flexibility index (Phi) is 8.79. The first kappa shape index (κ1) is 25.4. The van der Waals surface area contributed by atoms with Crippen molar-refractivity contribution in [1.29, 1.82) is 0 Å². The molecule has 34 heavy (non-hydrogen) atoms. The number of carbonyl (C=O) groups is 2. The minimum Gasteiger partial charge on any atom is -0.490 e. The Balaban J connectivity index is 1.79. The van der Waals surface area contributed by atoms with E-state index in [1.54, 1.807) is 47.4 Å². The van der Waals surface area contributed by atoms with Gasteiger partial charge in [0.25, 0.3) is 11.8 Å². The summed E-state index contributed by atoms with van der Waals surface area (Å²) in [5.74, 6) is -0.140. The topological polar surface area (TPSA) is 70.7 Å². The second-order valence-electron chi connectivity index (χ2n) is 7.65. The van der Waals surface area contributed by atoms with E-state index >= 15 is 0 Å². The molecule has 0 fully saturated rings. The first-order chi connectivity index (χ1) is 16.3. The number of para-hydroxylation sites is 2. The third-order valence-electron chi connectivity index (χ3n) is 4.81. The average Bonchev–Trinajstić information content (AvgIpc) is 2.81. The van der Waals surface area contributed by atoms with Crippen LogP contribution in [0.4, 0.5) is 11.4 Å². The van der Waals surface area contributed by atoms with Crippen LogP contribution in [0.3, 0.4) is 0 Å². The predicted octanol–water partition coefficient (Wildman–Crippen LogP) is 6.03. The van der Waals surface area contributed by atoms with Crippen LogP contribution in [0.25, 0.3) is 0 Å². The number of nitrogens with zero attached hydrogens (tertiary/aromatic N) is 1. The normalized spacial score (nSPS) is 10.5. The molecule has 0 unspecified atom stereocenters.